The molecule has 0 atom stereocenters. The highest BCUT2D eigenvalue weighted by Crippen LogP contribution is 2.31. The van der Waals surface area contributed by atoms with Crippen LogP contribution in [0.5, 0.6) is 0 Å². The van der Waals surface area contributed by atoms with Gasteiger partial charge in [-0.3, -0.25) is 14.9 Å². The van der Waals surface area contributed by atoms with Crippen LogP contribution in [0.15, 0.2) is 48.5 Å². The number of aryl methyl sites for hydroxylation is 1. The lowest BCUT2D eigenvalue weighted by Gasteiger charge is -2.10. The van der Waals surface area contributed by atoms with Crippen molar-refractivity contribution in [1.82, 2.24) is 9.78 Å². The molecule has 0 spiro atoms. The number of nitrogens with zero attached hydrogens (tertiary/aromatic N) is 3. The smallest absolute Gasteiger partial charge is 0.293 e. The molecule has 1 heterocycles. The van der Waals surface area contributed by atoms with Gasteiger partial charge in [-0.05, 0) is 56.2 Å². The van der Waals surface area contributed by atoms with Crippen LogP contribution in [0.3, 0.4) is 0 Å². The van der Waals surface area contributed by atoms with Gasteiger partial charge in [-0.1, -0.05) is 0 Å². The molecule has 9 heteroatoms. The second-order valence-electron chi connectivity index (χ2n) is 6.92. The third kappa shape index (κ3) is 4.08. The van der Waals surface area contributed by atoms with Crippen molar-refractivity contribution < 1.29 is 14.1 Å². The summed E-state index contributed by atoms with van der Waals surface area (Å²) in [6, 6.07) is 11.9. The highest BCUT2D eigenvalue weighted by atomic mass is 19.1. The lowest BCUT2D eigenvalue weighted by Crippen LogP contribution is -2.16. The van der Waals surface area contributed by atoms with E-state index >= 15 is 0 Å². The molecular formula is C20H18FN5O3. The van der Waals surface area contributed by atoms with Gasteiger partial charge in [-0.25, -0.2) is 9.07 Å². The zero-order valence-corrected chi connectivity index (χ0v) is 15.6. The van der Waals surface area contributed by atoms with Crippen LogP contribution in [0, 0.1) is 22.9 Å². The van der Waals surface area contributed by atoms with Crippen LogP contribution in [0.25, 0.3) is 5.69 Å². The van der Waals surface area contributed by atoms with E-state index in [2.05, 4.69) is 15.7 Å². The summed E-state index contributed by atoms with van der Waals surface area (Å²) in [4.78, 5) is 23.6. The molecule has 1 aromatic heterocycles. The maximum atomic E-state index is 13.2. The number of rotatable bonds is 6. The predicted molar refractivity (Wildman–Crippen MR) is 106 cm³/mol. The van der Waals surface area contributed by atoms with Gasteiger partial charge < -0.3 is 10.6 Å². The normalized spacial score (nSPS) is 13.2. The molecule has 0 bridgehead atoms. The molecule has 2 N–H and O–H groups in total. The van der Waals surface area contributed by atoms with E-state index in [0.29, 0.717) is 22.9 Å². The summed E-state index contributed by atoms with van der Waals surface area (Å²) >= 11 is 0. The largest absolute Gasteiger partial charge is 0.377 e. The summed E-state index contributed by atoms with van der Waals surface area (Å²) < 4.78 is 14.7. The molecule has 0 saturated heterocycles. The molecule has 29 heavy (non-hydrogen) atoms. The number of amides is 1. The van der Waals surface area contributed by atoms with Gasteiger partial charge in [0.15, 0.2) is 0 Å². The Morgan fingerprint density at radius 3 is 2.59 bits per heavy atom. The molecule has 4 rings (SSSR count). The summed E-state index contributed by atoms with van der Waals surface area (Å²) in [6.45, 7) is 1.76. The molecule has 1 amide bonds. The number of aromatic nitrogens is 2. The van der Waals surface area contributed by atoms with E-state index in [0.717, 1.165) is 12.8 Å². The van der Waals surface area contributed by atoms with Gasteiger partial charge in [0.1, 0.15) is 17.3 Å². The number of nitro groups is 1. The first-order valence-electron chi connectivity index (χ1n) is 9.09. The Morgan fingerprint density at radius 1 is 1.21 bits per heavy atom. The Kier molecular flexibility index (Phi) is 4.71. The molecule has 1 aliphatic rings. The molecule has 0 radical (unpaired) electrons. The minimum atomic E-state index is -0.506. The highest BCUT2D eigenvalue weighted by Gasteiger charge is 2.25. The maximum Gasteiger partial charge on any atom is 0.293 e. The monoisotopic (exact) mass is 395 g/mol. The number of carbonyl (C=O) groups excluding carboxylic acids is 1. The second-order valence-corrected chi connectivity index (χ2v) is 6.92. The first kappa shape index (κ1) is 18.6. The molecule has 3 aromatic rings. The van der Waals surface area contributed by atoms with Crippen LogP contribution in [-0.2, 0) is 0 Å². The Morgan fingerprint density at radius 2 is 1.93 bits per heavy atom. The fourth-order valence-electron chi connectivity index (χ4n) is 2.95. The minimum absolute atomic E-state index is 0.146. The second kappa shape index (κ2) is 7.34. The number of hydrogen-bond acceptors (Lipinski definition) is 5. The number of hydrogen-bond donors (Lipinski definition) is 2. The van der Waals surface area contributed by atoms with Crippen LogP contribution in [0.1, 0.15) is 28.9 Å². The number of nitro benzene ring substituents is 1. The van der Waals surface area contributed by atoms with Crippen LogP contribution in [-0.4, -0.2) is 26.7 Å². The standard InChI is InChI=1S/C20H18FN5O3/c1-12-10-19(25(24-12)16-7-3-14(21)4-8-16)23-20(27)13-2-9-17(22-15-5-6-15)18(11-13)26(28)29/h2-4,7-11,15,22H,5-6H2,1H3,(H,23,27). The number of benzene rings is 2. The van der Waals surface area contributed by atoms with Crippen molar-refractivity contribution in [3.8, 4) is 5.69 Å². The molecule has 0 unspecified atom stereocenters. The van der Waals surface area contributed by atoms with E-state index in [4.69, 9.17) is 0 Å². The third-order valence-corrected chi connectivity index (χ3v) is 4.54. The SMILES string of the molecule is Cc1cc(NC(=O)c2ccc(NC3CC3)c([N+](=O)[O-])c2)n(-c2ccc(F)cc2)n1. The van der Waals surface area contributed by atoms with E-state index in [-0.39, 0.29) is 23.1 Å². The number of nitrogens with one attached hydrogen (secondary N) is 2. The van der Waals surface area contributed by atoms with E-state index in [1.807, 2.05) is 0 Å². The van der Waals surface area contributed by atoms with Gasteiger partial charge >= 0.3 is 0 Å². The van der Waals surface area contributed by atoms with Crippen LogP contribution in [0.2, 0.25) is 0 Å². The molecule has 1 fully saturated rings. The summed E-state index contributed by atoms with van der Waals surface area (Å²) in [7, 11) is 0. The van der Waals surface area contributed by atoms with E-state index in [1.165, 1.54) is 22.9 Å². The van der Waals surface area contributed by atoms with Gasteiger partial charge in [0, 0.05) is 23.7 Å². The number of carbonyl (C=O) groups is 1. The maximum absolute atomic E-state index is 13.2. The van der Waals surface area contributed by atoms with Crippen molar-refractivity contribution in [2.75, 3.05) is 10.6 Å². The van der Waals surface area contributed by atoms with Gasteiger partial charge in [-0.2, -0.15) is 5.10 Å². The van der Waals surface area contributed by atoms with Gasteiger partial charge in [0.05, 0.1) is 16.3 Å². The van der Waals surface area contributed by atoms with Crippen LogP contribution in [0.4, 0.5) is 21.6 Å². The number of halogens is 1. The minimum Gasteiger partial charge on any atom is -0.377 e. The van der Waals surface area contributed by atoms with Crippen LogP contribution >= 0.6 is 0 Å². The van der Waals surface area contributed by atoms with Gasteiger partial charge in [0.2, 0.25) is 0 Å². The number of anilines is 2. The van der Waals surface area contributed by atoms with Crippen molar-refractivity contribution in [3.63, 3.8) is 0 Å². The first-order chi connectivity index (χ1) is 13.9. The predicted octanol–water partition coefficient (Wildman–Crippen LogP) is 4.05. The van der Waals surface area contributed by atoms with Crippen molar-refractivity contribution >= 4 is 23.1 Å². The molecule has 148 valence electrons. The first-order valence-corrected chi connectivity index (χ1v) is 9.09. The summed E-state index contributed by atoms with van der Waals surface area (Å²) in [5.74, 6) is -0.508. The summed E-state index contributed by atoms with van der Waals surface area (Å²) in [5, 5.41) is 21.6. The average Bonchev–Trinajstić information content (AvgIpc) is 3.43. The topological polar surface area (TPSA) is 102 Å². The lowest BCUT2D eigenvalue weighted by molar-refractivity contribution is -0.384. The van der Waals surface area contributed by atoms with Crippen molar-refractivity contribution in [1.29, 1.82) is 0 Å². The Bertz CT molecular complexity index is 1090. The highest BCUT2D eigenvalue weighted by molar-refractivity contribution is 6.04. The van der Waals surface area contributed by atoms with Gasteiger partial charge in [-0.15, -0.1) is 0 Å². The molecule has 8 nitrogen and oxygen atoms in total. The average molecular weight is 395 g/mol. The van der Waals surface area contributed by atoms with Crippen molar-refractivity contribution in [2.24, 2.45) is 0 Å². The Hall–Kier alpha value is -3.75. The summed E-state index contributed by atoms with van der Waals surface area (Å²) in [6.07, 6.45) is 1.96. The zero-order chi connectivity index (χ0) is 20.5. The van der Waals surface area contributed by atoms with Crippen molar-refractivity contribution in [2.45, 2.75) is 25.8 Å². The summed E-state index contributed by atoms with van der Waals surface area (Å²) in [5.41, 5.74) is 1.64. The van der Waals surface area contributed by atoms with Gasteiger partial charge in [0.25, 0.3) is 11.6 Å². The quantitative estimate of drug-likeness (QED) is 0.484. The molecule has 2 aromatic carbocycles. The Balaban J connectivity index is 1.60. The van der Waals surface area contributed by atoms with E-state index in [9.17, 15) is 19.3 Å². The fourth-order valence-corrected chi connectivity index (χ4v) is 2.95. The van der Waals surface area contributed by atoms with E-state index < -0.39 is 10.8 Å². The van der Waals surface area contributed by atoms with Crippen molar-refractivity contribution in [3.05, 3.63) is 75.7 Å². The molecule has 1 saturated carbocycles. The van der Waals surface area contributed by atoms with E-state index in [1.54, 1.807) is 37.3 Å². The van der Waals surface area contributed by atoms with Crippen LogP contribution < -0.4 is 10.6 Å². The molecule has 1 aliphatic carbocycles. The molecule has 0 aliphatic heterocycles. The zero-order valence-electron chi connectivity index (χ0n) is 15.6. The lowest BCUT2D eigenvalue weighted by atomic mass is 10.1. The Labute approximate surface area is 165 Å². The molecular weight excluding hydrogens is 377 g/mol. The fraction of sp³-hybridized carbons (Fsp3) is 0.200. The third-order valence-electron chi connectivity index (χ3n) is 4.54.